The quantitative estimate of drug-likeness (QED) is 0.755. The second kappa shape index (κ2) is 5.98. The fourth-order valence-electron chi connectivity index (χ4n) is 1.71. The van der Waals surface area contributed by atoms with Gasteiger partial charge in [0.05, 0.1) is 24.2 Å². The molecule has 2 aromatic rings. The van der Waals surface area contributed by atoms with Crippen LogP contribution in [0.2, 0.25) is 0 Å². The van der Waals surface area contributed by atoms with Crippen molar-refractivity contribution in [2.45, 2.75) is 13.2 Å². The third-order valence-corrected chi connectivity index (χ3v) is 3.14. The molecule has 1 heterocycles. The Morgan fingerprint density at radius 2 is 1.75 bits per heavy atom. The van der Waals surface area contributed by atoms with Crippen LogP contribution in [-0.2, 0) is 23.2 Å². The number of aliphatic hydroxyl groups excluding tert-OH is 1. The number of para-hydroxylation sites is 2. The number of furan rings is 1. The van der Waals surface area contributed by atoms with E-state index in [2.05, 4.69) is 10.0 Å². The van der Waals surface area contributed by atoms with Crippen LogP contribution >= 0.6 is 0 Å². The van der Waals surface area contributed by atoms with Crippen molar-refractivity contribution >= 4 is 21.4 Å². The fraction of sp³-hybridized carbons (Fsp3) is 0.231. The molecular formula is C13H16N2O4S. The first-order chi connectivity index (χ1) is 9.48. The summed E-state index contributed by atoms with van der Waals surface area (Å²) < 4.78 is 30.4. The van der Waals surface area contributed by atoms with Gasteiger partial charge < -0.3 is 14.8 Å². The van der Waals surface area contributed by atoms with Crippen LogP contribution < -0.4 is 10.0 Å². The lowest BCUT2D eigenvalue weighted by molar-refractivity contribution is 0.244. The molecule has 0 bridgehead atoms. The molecule has 0 radical (unpaired) electrons. The van der Waals surface area contributed by atoms with E-state index in [1.807, 2.05) is 0 Å². The van der Waals surface area contributed by atoms with Crippen LogP contribution in [0.4, 0.5) is 11.4 Å². The van der Waals surface area contributed by atoms with Gasteiger partial charge in [-0.15, -0.1) is 0 Å². The van der Waals surface area contributed by atoms with Crippen LogP contribution in [0.15, 0.2) is 40.8 Å². The van der Waals surface area contributed by atoms with Gasteiger partial charge in [-0.3, -0.25) is 4.72 Å². The first-order valence-corrected chi connectivity index (χ1v) is 7.86. The van der Waals surface area contributed by atoms with Gasteiger partial charge in [-0.05, 0) is 24.3 Å². The largest absolute Gasteiger partial charge is 0.462 e. The second-order valence-electron chi connectivity index (χ2n) is 4.30. The van der Waals surface area contributed by atoms with Crippen LogP contribution in [0.1, 0.15) is 11.5 Å². The Morgan fingerprint density at radius 3 is 2.35 bits per heavy atom. The zero-order chi connectivity index (χ0) is 14.6. The van der Waals surface area contributed by atoms with E-state index in [-0.39, 0.29) is 6.61 Å². The summed E-state index contributed by atoms with van der Waals surface area (Å²) in [6.07, 6.45) is 1.10. The van der Waals surface area contributed by atoms with Crippen molar-refractivity contribution < 1.29 is 17.9 Å². The van der Waals surface area contributed by atoms with Gasteiger partial charge in [0.15, 0.2) is 0 Å². The molecule has 0 saturated heterocycles. The van der Waals surface area contributed by atoms with Crippen LogP contribution in [0, 0.1) is 0 Å². The maximum atomic E-state index is 11.3. The molecule has 0 aliphatic rings. The summed E-state index contributed by atoms with van der Waals surface area (Å²) in [6, 6.07) is 10.4. The van der Waals surface area contributed by atoms with Crippen molar-refractivity contribution in [1.82, 2.24) is 0 Å². The highest BCUT2D eigenvalue weighted by molar-refractivity contribution is 7.92. The minimum absolute atomic E-state index is 0.147. The molecule has 108 valence electrons. The lowest BCUT2D eigenvalue weighted by Gasteiger charge is -2.11. The van der Waals surface area contributed by atoms with Gasteiger partial charge in [-0.1, -0.05) is 12.1 Å². The molecule has 0 spiro atoms. The van der Waals surface area contributed by atoms with E-state index in [0.717, 1.165) is 6.26 Å². The maximum absolute atomic E-state index is 11.3. The molecule has 20 heavy (non-hydrogen) atoms. The van der Waals surface area contributed by atoms with Crippen LogP contribution in [-0.4, -0.2) is 19.8 Å². The Morgan fingerprint density at radius 1 is 1.10 bits per heavy atom. The Labute approximate surface area is 117 Å². The molecule has 0 atom stereocenters. The highest BCUT2D eigenvalue weighted by atomic mass is 32.2. The predicted octanol–water partition coefficient (Wildman–Crippen LogP) is 1.76. The van der Waals surface area contributed by atoms with Crippen molar-refractivity contribution in [3.05, 3.63) is 47.9 Å². The predicted molar refractivity (Wildman–Crippen MR) is 76.9 cm³/mol. The Hall–Kier alpha value is -1.99. The molecule has 1 aromatic heterocycles. The minimum Gasteiger partial charge on any atom is -0.462 e. The average molecular weight is 296 g/mol. The summed E-state index contributed by atoms with van der Waals surface area (Å²) in [4.78, 5) is 0. The van der Waals surface area contributed by atoms with Gasteiger partial charge in [-0.25, -0.2) is 8.42 Å². The van der Waals surface area contributed by atoms with E-state index in [1.54, 1.807) is 36.4 Å². The van der Waals surface area contributed by atoms with Gasteiger partial charge >= 0.3 is 0 Å². The molecule has 6 nitrogen and oxygen atoms in total. The number of nitrogens with one attached hydrogen (secondary N) is 2. The number of hydrogen-bond donors (Lipinski definition) is 3. The molecule has 0 fully saturated rings. The Balaban J connectivity index is 2.09. The van der Waals surface area contributed by atoms with E-state index < -0.39 is 10.0 Å². The molecule has 0 saturated carbocycles. The number of hydrogen-bond acceptors (Lipinski definition) is 5. The molecule has 3 N–H and O–H groups in total. The van der Waals surface area contributed by atoms with Gasteiger partial charge in [0.2, 0.25) is 10.0 Å². The third-order valence-electron chi connectivity index (χ3n) is 2.55. The van der Waals surface area contributed by atoms with Crippen molar-refractivity contribution in [1.29, 1.82) is 0 Å². The standard InChI is InChI=1S/C13H16N2O4S/c1-20(17,18)15-13-5-3-2-4-12(13)14-8-10-6-7-11(9-16)19-10/h2-7,14-16H,8-9H2,1H3. The van der Waals surface area contributed by atoms with Crippen molar-refractivity contribution in [2.75, 3.05) is 16.3 Å². The van der Waals surface area contributed by atoms with Crippen molar-refractivity contribution in [2.24, 2.45) is 0 Å². The SMILES string of the molecule is CS(=O)(=O)Nc1ccccc1NCc1ccc(CO)o1. The van der Waals surface area contributed by atoms with Crippen LogP contribution in [0.3, 0.4) is 0 Å². The molecule has 0 amide bonds. The zero-order valence-electron chi connectivity index (χ0n) is 11.0. The Bertz CT molecular complexity index is 679. The molecule has 0 aliphatic heterocycles. The van der Waals surface area contributed by atoms with Gasteiger partial charge in [0.1, 0.15) is 18.1 Å². The summed E-state index contributed by atoms with van der Waals surface area (Å²) >= 11 is 0. The van der Waals surface area contributed by atoms with E-state index >= 15 is 0 Å². The van der Waals surface area contributed by atoms with Gasteiger partial charge in [0.25, 0.3) is 0 Å². The summed E-state index contributed by atoms with van der Waals surface area (Å²) in [6.45, 7) is 0.245. The molecule has 7 heteroatoms. The molecule has 2 rings (SSSR count). The van der Waals surface area contributed by atoms with E-state index in [1.165, 1.54) is 0 Å². The highest BCUT2D eigenvalue weighted by Crippen LogP contribution is 2.22. The maximum Gasteiger partial charge on any atom is 0.229 e. The summed E-state index contributed by atoms with van der Waals surface area (Å²) in [7, 11) is -3.33. The van der Waals surface area contributed by atoms with Gasteiger partial charge in [-0.2, -0.15) is 0 Å². The highest BCUT2D eigenvalue weighted by Gasteiger charge is 2.07. The van der Waals surface area contributed by atoms with Crippen LogP contribution in [0.5, 0.6) is 0 Å². The number of sulfonamides is 1. The van der Waals surface area contributed by atoms with Crippen molar-refractivity contribution in [3.63, 3.8) is 0 Å². The fourth-order valence-corrected chi connectivity index (χ4v) is 2.29. The minimum atomic E-state index is -3.33. The smallest absolute Gasteiger partial charge is 0.229 e. The average Bonchev–Trinajstić information content (AvgIpc) is 2.84. The monoisotopic (exact) mass is 296 g/mol. The first-order valence-electron chi connectivity index (χ1n) is 5.97. The lowest BCUT2D eigenvalue weighted by Crippen LogP contribution is -2.11. The molecule has 0 unspecified atom stereocenters. The lowest BCUT2D eigenvalue weighted by atomic mass is 10.2. The zero-order valence-corrected chi connectivity index (χ0v) is 11.8. The first kappa shape index (κ1) is 14.4. The van der Waals surface area contributed by atoms with E-state index in [9.17, 15) is 8.42 Å². The second-order valence-corrected chi connectivity index (χ2v) is 6.05. The molecule has 0 aliphatic carbocycles. The molecular weight excluding hydrogens is 280 g/mol. The summed E-state index contributed by atoms with van der Waals surface area (Å²) in [5.74, 6) is 1.15. The summed E-state index contributed by atoms with van der Waals surface area (Å²) in [5.41, 5.74) is 1.13. The summed E-state index contributed by atoms with van der Waals surface area (Å²) in [5, 5.41) is 12.0. The number of aliphatic hydroxyl groups is 1. The Kier molecular flexibility index (Phi) is 4.31. The van der Waals surface area contributed by atoms with Crippen LogP contribution in [0.25, 0.3) is 0 Å². The number of benzene rings is 1. The normalized spacial score (nSPS) is 11.3. The molecule has 1 aromatic carbocycles. The number of rotatable bonds is 6. The van der Waals surface area contributed by atoms with E-state index in [0.29, 0.717) is 29.4 Å². The third kappa shape index (κ3) is 4.01. The number of anilines is 2. The van der Waals surface area contributed by atoms with Crippen molar-refractivity contribution in [3.8, 4) is 0 Å². The van der Waals surface area contributed by atoms with Gasteiger partial charge in [0, 0.05) is 0 Å². The topological polar surface area (TPSA) is 91.6 Å². The van der Waals surface area contributed by atoms with E-state index in [4.69, 9.17) is 9.52 Å².